The van der Waals surface area contributed by atoms with Gasteiger partial charge >= 0.3 is 5.97 Å². The lowest BCUT2D eigenvalue weighted by Gasteiger charge is -2.03. The van der Waals surface area contributed by atoms with Crippen LogP contribution in [0.4, 0.5) is 0 Å². The first-order valence-corrected chi connectivity index (χ1v) is 5.77. The van der Waals surface area contributed by atoms with Crippen molar-refractivity contribution in [3.63, 3.8) is 0 Å². The van der Waals surface area contributed by atoms with Gasteiger partial charge in [-0.15, -0.1) is 0 Å². The molecule has 0 spiro atoms. The van der Waals surface area contributed by atoms with Crippen molar-refractivity contribution in [2.45, 2.75) is 12.8 Å². The maximum absolute atomic E-state index is 11.3. The highest BCUT2D eigenvalue weighted by molar-refractivity contribution is 5.75. The molecule has 90 valence electrons. The fourth-order valence-electron chi connectivity index (χ4n) is 1.55. The maximum Gasteiger partial charge on any atom is 0.309 e. The minimum Gasteiger partial charge on any atom is -0.496 e. The van der Waals surface area contributed by atoms with Crippen LogP contribution < -0.4 is 4.74 Å². The Morgan fingerprint density at radius 2 is 2.18 bits per heavy atom. The third-order valence-corrected chi connectivity index (χ3v) is 2.67. The van der Waals surface area contributed by atoms with Gasteiger partial charge in [-0.3, -0.25) is 4.79 Å². The average Bonchev–Trinajstić information content (AvgIpc) is 3.19. The maximum atomic E-state index is 11.3. The molecule has 1 aliphatic rings. The molecule has 0 bridgehead atoms. The summed E-state index contributed by atoms with van der Waals surface area (Å²) in [5, 5.41) is 0. The molecule has 1 saturated carbocycles. The van der Waals surface area contributed by atoms with Crippen LogP contribution in [0.3, 0.4) is 0 Å². The summed E-state index contributed by atoms with van der Waals surface area (Å²) in [6.45, 7) is 0.327. The minimum atomic E-state index is -0.0744. The van der Waals surface area contributed by atoms with E-state index in [1.54, 1.807) is 7.11 Å². The van der Waals surface area contributed by atoms with Crippen molar-refractivity contribution in [3.8, 4) is 5.75 Å². The molecular weight excluding hydrogens is 216 g/mol. The van der Waals surface area contributed by atoms with E-state index in [1.165, 1.54) is 0 Å². The SMILES string of the molecule is COc1ccccc1C=CCOC(=O)C1CC1. The molecule has 0 aromatic heterocycles. The summed E-state index contributed by atoms with van der Waals surface area (Å²) in [6, 6.07) is 7.72. The van der Waals surface area contributed by atoms with Gasteiger partial charge in [-0.25, -0.2) is 0 Å². The van der Waals surface area contributed by atoms with Crippen molar-refractivity contribution in [2.75, 3.05) is 13.7 Å². The fraction of sp³-hybridized carbons (Fsp3) is 0.357. The van der Waals surface area contributed by atoms with Gasteiger partial charge in [0.1, 0.15) is 12.4 Å². The lowest BCUT2D eigenvalue weighted by Crippen LogP contribution is -2.05. The second kappa shape index (κ2) is 5.53. The van der Waals surface area contributed by atoms with Gasteiger partial charge in [0.25, 0.3) is 0 Å². The van der Waals surface area contributed by atoms with Crippen LogP contribution in [0.25, 0.3) is 6.08 Å². The van der Waals surface area contributed by atoms with Crippen molar-refractivity contribution in [3.05, 3.63) is 35.9 Å². The second-order valence-corrected chi connectivity index (χ2v) is 4.05. The monoisotopic (exact) mass is 232 g/mol. The number of benzene rings is 1. The number of ether oxygens (including phenoxy) is 2. The van der Waals surface area contributed by atoms with Crippen LogP contribution in [-0.4, -0.2) is 19.7 Å². The number of esters is 1. The Kier molecular flexibility index (Phi) is 3.81. The molecule has 3 heteroatoms. The summed E-state index contributed by atoms with van der Waals surface area (Å²) in [5.74, 6) is 0.904. The van der Waals surface area contributed by atoms with Crippen LogP contribution in [-0.2, 0) is 9.53 Å². The number of methoxy groups -OCH3 is 1. The molecule has 0 N–H and O–H groups in total. The van der Waals surface area contributed by atoms with Crippen LogP contribution >= 0.6 is 0 Å². The number of hydrogen-bond donors (Lipinski definition) is 0. The first-order valence-electron chi connectivity index (χ1n) is 5.77. The average molecular weight is 232 g/mol. The second-order valence-electron chi connectivity index (χ2n) is 4.05. The molecule has 0 saturated heterocycles. The molecule has 0 atom stereocenters. The van der Waals surface area contributed by atoms with Crippen LogP contribution in [0.15, 0.2) is 30.3 Å². The van der Waals surface area contributed by atoms with E-state index in [9.17, 15) is 4.79 Å². The Balaban J connectivity index is 1.84. The smallest absolute Gasteiger partial charge is 0.309 e. The number of rotatable bonds is 5. The normalized spacial score (nSPS) is 14.9. The highest BCUT2D eigenvalue weighted by atomic mass is 16.5. The van der Waals surface area contributed by atoms with Gasteiger partial charge in [-0.2, -0.15) is 0 Å². The lowest BCUT2D eigenvalue weighted by molar-refractivity contribution is -0.143. The van der Waals surface area contributed by atoms with Gasteiger partial charge < -0.3 is 9.47 Å². The van der Waals surface area contributed by atoms with E-state index in [1.807, 2.05) is 36.4 Å². The van der Waals surface area contributed by atoms with Crippen molar-refractivity contribution in [2.24, 2.45) is 5.92 Å². The third kappa shape index (κ3) is 3.34. The summed E-state index contributed by atoms with van der Waals surface area (Å²) >= 11 is 0. The van der Waals surface area contributed by atoms with E-state index in [4.69, 9.17) is 9.47 Å². The predicted octanol–water partition coefficient (Wildman–Crippen LogP) is 2.66. The summed E-state index contributed by atoms with van der Waals surface area (Å²) in [6.07, 6.45) is 5.70. The largest absolute Gasteiger partial charge is 0.496 e. The molecule has 0 heterocycles. The highest BCUT2D eigenvalue weighted by Gasteiger charge is 2.30. The Morgan fingerprint density at radius 3 is 2.88 bits per heavy atom. The van der Waals surface area contributed by atoms with Crippen molar-refractivity contribution in [1.29, 1.82) is 0 Å². The van der Waals surface area contributed by atoms with Crippen LogP contribution in [0.1, 0.15) is 18.4 Å². The lowest BCUT2D eigenvalue weighted by atomic mass is 10.2. The van der Waals surface area contributed by atoms with Gasteiger partial charge in [0.2, 0.25) is 0 Å². The molecule has 1 aliphatic carbocycles. The standard InChI is InChI=1S/C14H16O3/c1-16-13-7-3-2-5-11(13)6-4-10-17-14(15)12-8-9-12/h2-7,12H,8-10H2,1H3. The van der Waals surface area contributed by atoms with Crippen LogP contribution in [0.2, 0.25) is 0 Å². The van der Waals surface area contributed by atoms with Gasteiger partial charge in [-0.05, 0) is 25.0 Å². The van der Waals surface area contributed by atoms with Crippen LogP contribution in [0.5, 0.6) is 5.75 Å². The molecule has 0 unspecified atom stereocenters. The summed E-state index contributed by atoms with van der Waals surface area (Å²) in [7, 11) is 1.64. The molecular formula is C14H16O3. The molecule has 1 aromatic carbocycles. The molecule has 0 radical (unpaired) electrons. The Labute approximate surface area is 101 Å². The third-order valence-electron chi connectivity index (χ3n) is 2.67. The quantitative estimate of drug-likeness (QED) is 0.732. The van der Waals surface area contributed by atoms with Crippen LogP contribution in [0, 0.1) is 5.92 Å². The number of carbonyl (C=O) groups excluding carboxylic acids is 1. The number of para-hydroxylation sites is 1. The van der Waals surface area contributed by atoms with E-state index >= 15 is 0 Å². The first kappa shape index (κ1) is 11.7. The summed E-state index contributed by atoms with van der Waals surface area (Å²) in [5.41, 5.74) is 0.984. The summed E-state index contributed by atoms with van der Waals surface area (Å²) < 4.78 is 10.3. The van der Waals surface area contributed by atoms with Gasteiger partial charge in [0.15, 0.2) is 0 Å². The zero-order chi connectivity index (χ0) is 12.1. The first-order chi connectivity index (χ1) is 8.31. The molecule has 1 aromatic rings. The van der Waals surface area contributed by atoms with E-state index in [0.29, 0.717) is 6.61 Å². The van der Waals surface area contributed by atoms with E-state index in [2.05, 4.69) is 0 Å². The molecule has 0 amide bonds. The van der Waals surface area contributed by atoms with Crippen molar-refractivity contribution >= 4 is 12.0 Å². The Bertz CT molecular complexity index is 419. The topological polar surface area (TPSA) is 35.5 Å². The number of hydrogen-bond acceptors (Lipinski definition) is 3. The minimum absolute atomic E-state index is 0.0744. The van der Waals surface area contributed by atoms with E-state index in [-0.39, 0.29) is 11.9 Å². The Hall–Kier alpha value is -1.77. The molecule has 1 fully saturated rings. The molecule has 2 rings (SSSR count). The Morgan fingerprint density at radius 1 is 1.41 bits per heavy atom. The van der Waals surface area contributed by atoms with Crippen molar-refractivity contribution in [1.82, 2.24) is 0 Å². The van der Waals surface area contributed by atoms with E-state index < -0.39 is 0 Å². The highest BCUT2D eigenvalue weighted by Crippen LogP contribution is 2.30. The van der Waals surface area contributed by atoms with E-state index in [0.717, 1.165) is 24.2 Å². The van der Waals surface area contributed by atoms with Gasteiger partial charge in [-0.1, -0.05) is 24.3 Å². The fourth-order valence-corrected chi connectivity index (χ4v) is 1.55. The van der Waals surface area contributed by atoms with Gasteiger partial charge in [0.05, 0.1) is 13.0 Å². The molecule has 17 heavy (non-hydrogen) atoms. The predicted molar refractivity (Wildman–Crippen MR) is 65.7 cm³/mol. The van der Waals surface area contributed by atoms with Crippen molar-refractivity contribution < 1.29 is 14.3 Å². The number of carbonyl (C=O) groups is 1. The molecule has 3 nitrogen and oxygen atoms in total. The zero-order valence-corrected chi connectivity index (χ0v) is 9.89. The van der Waals surface area contributed by atoms with Gasteiger partial charge in [0, 0.05) is 5.56 Å². The zero-order valence-electron chi connectivity index (χ0n) is 9.89. The summed E-state index contributed by atoms with van der Waals surface area (Å²) in [4.78, 5) is 11.3. The molecule has 0 aliphatic heterocycles.